The maximum Gasteiger partial charge on any atom is 0.387 e. The predicted octanol–water partition coefficient (Wildman–Crippen LogP) is 11.9. The molecule has 0 aliphatic rings. The van der Waals surface area contributed by atoms with E-state index in [0.29, 0.717) is 0 Å². The largest absolute Gasteiger partial charge is 0.387 e. The van der Waals surface area contributed by atoms with Crippen LogP contribution in [0.25, 0.3) is 0 Å². The third kappa shape index (κ3) is 5.60. The van der Waals surface area contributed by atoms with Gasteiger partial charge in [0.1, 0.15) is 0 Å². The summed E-state index contributed by atoms with van der Waals surface area (Å²) in [6, 6.07) is 0. The summed E-state index contributed by atoms with van der Waals surface area (Å²) in [5.74, 6) is -133. The Kier molecular flexibility index (Phi) is 11.7. The molecule has 0 aromatic heterocycles. The molecule has 0 aliphatic carbocycles. The first-order chi connectivity index (χ1) is 20.8. The first-order valence-electron chi connectivity index (χ1n) is 10.2. The molecule has 0 atom stereocenters. The van der Waals surface area contributed by atoms with E-state index in [1.165, 1.54) is 0 Å². The van der Waals surface area contributed by atoms with Gasteiger partial charge in [-0.3, -0.25) is 0 Å². The Hall–Kier alpha value is -0.780. The van der Waals surface area contributed by atoms with E-state index in [1.807, 2.05) is 0 Å². The minimum atomic E-state index is -10.1. The highest BCUT2D eigenvalue weighted by Gasteiger charge is 3.01. The second kappa shape index (κ2) is 11.9. The average Bonchev–Trinajstić information content (AvgIpc) is 2.85. The quantitative estimate of drug-likeness (QED) is 0.0871. The van der Waals surface area contributed by atoms with Gasteiger partial charge in [-0.2, -0.15) is 140 Å². The summed E-state index contributed by atoms with van der Waals surface area (Å²) in [4.78, 5) is 0. The zero-order valence-corrected chi connectivity index (χ0v) is 25.2. The van der Waals surface area contributed by atoms with Gasteiger partial charge in [0, 0.05) is 45.2 Å². The lowest BCUT2D eigenvalue weighted by Crippen LogP contribution is -2.79. The zero-order chi connectivity index (χ0) is 42.0. The summed E-state index contributed by atoms with van der Waals surface area (Å²) in [6.45, 7) is 0. The molecule has 0 aromatic rings. The van der Waals surface area contributed by atoms with Gasteiger partial charge in [0.15, 0.2) is 0 Å². The van der Waals surface area contributed by atoms with E-state index >= 15 is 0 Å². The van der Waals surface area contributed by atoms with E-state index in [9.17, 15) is 140 Å². The number of hydrogen-bond acceptors (Lipinski definition) is 0. The topological polar surface area (TPSA) is 0 Å². The van der Waals surface area contributed by atoms with Crippen molar-refractivity contribution < 1.29 is 140 Å². The summed E-state index contributed by atoms with van der Waals surface area (Å²) < 4.78 is 416. The van der Waals surface area contributed by atoms with Crippen LogP contribution in [0.1, 0.15) is 0 Å². The molecule has 0 bridgehead atoms. The molecule has 0 saturated heterocycles. The van der Waals surface area contributed by atoms with E-state index in [1.54, 1.807) is 0 Å². The van der Waals surface area contributed by atoms with Crippen LogP contribution in [0, 0.1) is 0 Å². The first-order valence-corrected chi connectivity index (χ1v) is 12.3. The molecule has 0 rings (SSSR count). The monoisotopic (exact) mass is 1050 g/mol. The lowest BCUT2D eigenvalue weighted by Gasteiger charge is -2.46. The molecule has 0 N–H and O–H groups in total. The summed E-state index contributed by atoms with van der Waals surface area (Å²) >= 11 is -2.76. The fraction of sp³-hybridized carbons (Fsp3) is 1.00. The van der Waals surface area contributed by atoms with Crippen LogP contribution in [-0.2, 0) is 0 Å². The highest BCUT2D eigenvalue weighted by atomic mass is 127. The van der Waals surface area contributed by atoms with Gasteiger partial charge in [0.2, 0.25) is 0 Å². The number of rotatable bonds is 15. The van der Waals surface area contributed by atoms with Crippen LogP contribution < -0.4 is 0 Å². The molecule has 0 aliphatic heterocycles. The Morgan fingerprint density at radius 3 is 0.260 bits per heavy atom. The molecule has 302 valence electrons. The summed E-state index contributed by atoms with van der Waals surface area (Å²) in [5.41, 5.74) is 0. The van der Waals surface area contributed by atoms with Gasteiger partial charge in [-0.05, 0) is 0 Å². The predicted molar refractivity (Wildman–Crippen MR) is 107 cm³/mol. The van der Waals surface area contributed by atoms with Gasteiger partial charge in [-0.15, -0.1) is 0 Å². The Balaban J connectivity index is 7.70. The molecule has 0 fully saturated rings. The maximum atomic E-state index is 13.8. The van der Waals surface area contributed by atoms with Crippen molar-refractivity contribution >= 4 is 45.2 Å². The molecule has 0 spiro atoms. The van der Waals surface area contributed by atoms with Crippen molar-refractivity contribution in [2.24, 2.45) is 0 Å². The first kappa shape index (κ1) is 49.2. The van der Waals surface area contributed by atoms with Gasteiger partial charge < -0.3 is 0 Å². The van der Waals surface area contributed by atoms with Crippen LogP contribution in [0.15, 0.2) is 0 Å². The minimum Gasteiger partial charge on any atom is -0.192 e. The van der Waals surface area contributed by atoms with Crippen molar-refractivity contribution in [2.45, 2.75) is 90.8 Å². The number of hydrogen-bond donors (Lipinski definition) is 0. The standard InChI is InChI=1S/C16F32I2/c17-1(18,3(21,22)5(25,26)7(29,30)9(33,34)11(37,38)13(41,42)15(45,46)49)2(19,20)4(23,24)6(27,28)8(31,32)10(35,36)12(39,40)14(43,44)16(47,48)50. The average molecular weight is 1050 g/mol. The molecule has 0 nitrogen and oxygen atoms in total. The zero-order valence-electron chi connectivity index (χ0n) is 20.9. The van der Waals surface area contributed by atoms with Crippen molar-refractivity contribution in [3.63, 3.8) is 0 Å². The van der Waals surface area contributed by atoms with E-state index in [4.69, 9.17) is 0 Å². The van der Waals surface area contributed by atoms with E-state index in [0.717, 1.165) is 0 Å². The van der Waals surface area contributed by atoms with Crippen LogP contribution in [0.3, 0.4) is 0 Å². The van der Waals surface area contributed by atoms with E-state index < -0.39 is 136 Å². The molecule has 0 amide bonds. The van der Waals surface area contributed by atoms with Gasteiger partial charge in [-0.25, -0.2) is 0 Å². The van der Waals surface area contributed by atoms with Crippen molar-refractivity contribution in [3.8, 4) is 0 Å². The number of alkyl halides is 34. The molecule has 34 heteroatoms. The highest BCUT2D eigenvalue weighted by molar-refractivity contribution is 14.1. The molecule has 0 saturated carbocycles. The second-order valence-electron chi connectivity index (χ2n) is 9.04. The molecule has 50 heavy (non-hydrogen) atoms. The van der Waals surface area contributed by atoms with E-state index in [-0.39, 0.29) is 0 Å². The number of halogens is 34. The summed E-state index contributed by atoms with van der Waals surface area (Å²) in [6.07, 6.45) is 0. The minimum absolute atomic E-state index is 1.38. The Morgan fingerprint density at radius 1 is 0.140 bits per heavy atom. The van der Waals surface area contributed by atoms with Crippen LogP contribution >= 0.6 is 45.2 Å². The van der Waals surface area contributed by atoms with Crippen LogP contribution in [0.4, 0.5) is 140 Å². The van der Waals surface area contributed by atoms with Gasteiger partial charge in [-0.1, -0.05) is 0 Å². The third-order valence-electron chi connectivity index (χ3n) is 5.84. The fourth-order valence-electron chi connectivity index (χ4n) is 2.72. The smallest absolute Gasteiger partial charge is 0.192 e. The Morgan fingerprint density at radius 2 is 0.200 bits per heavy atom. The van der Waals surface area contributed by atoms with Crippen molar-refractivity contribution in [3.05, 3.63) is 0 Å². The lowest BCUT2D eigenvalue weighted by molar-refractivity contribution is -0.487. The normalized spacial score (nSPS) is 17.4. The summed E-state index contributed by atoms with van der Waals surface area (Å²) in [5, 5.41) is 0. The fourth-order valence-corrected chi connectivity index (χ4v) is 3.40. The van der Waals surface area contributed by atoms with Crippen molar-refractivity contribution in [1.29, 1.82) is 0 Å². The summed E-state index contributed by atoms with van der Waals surface area (Å²) in [7, 11) is 0. The molecular weight excluding hydrogens is 1050 g/mol. The van der Waals surface area contributed by atoms with Gasteiger partial charge in [0.05, 0.1) is 0 Å². The molecule has 0 aromatic carbocycles. The van der Waals surface area contributed by atoms with Crippen molar-refractivity contribution in [2.75, 3.05) is 0 Å². The van der Waals surface area contributed by atoms with Crippen LogP contribution in [0.2, 0.25) is 0 Å². The molecule has 0 heterocycles. The van der Waals surface area contributed by atoms with Crippen LogP contribution in [0.5, 0.6) is 0 Å². The Bertz CT molecular complexity index is 1150. The van der Waals surface area contributed by atoms with Crippen molar-refractivity contribution in [1.82, 2.24) is 0 Å². The van der Waals surface area contributed by atoms with Crippen LogP contribution in [-0.4, -0.2) is 90.8 Å². The van der Waals surface area contributed by atoms with Gasteiger partial charge in [0.25, 0.3) is 0 Å². The lowest BCUT2D eigenvalue weighted by atomic mass is 9.83. The van der Waals surface area contributed by atoms with E-state index in [2.05, 4.69) is 0 Å². The van der Waals surface area contributed by atoms with Gasteiger partial charge >= 0.3 is 90.8 Å². The maximum absolute atomic E-state index is 13.8. The highest BCUT2D eigenvalue weighted by Crippen LogP contribution is 2.70. The molecular formula is C16F32I2. The Labute approximate surface area is 276 Å². The molecule has 0 unspecified atom stereocenters. The molecule has 0 radical (unpaired) electrons. The third-order valence-corrected chi connectivity index (χ3v) is 7.19. The SMILES string of the molecule is FC(F)(I)C(F)(F)C(F)(F)C(F)(F)C(F)(F)C(F)(F)C(F)(F)C(F)(F)C(F)(F)C(F)(F)C(F)(F)C(F)(F)C(F)(F)C(F)(F)C(F)(F)C(F)(F)I. The second-order valence-corrected chi connectivity index (χ2v) is 11.7.